The molecule has 5 heteroatoms. The summed E-state index contributed by atoms with van der Waals surface area (Å²) in [6, 6.07) is 6.76. The third-order valence-corrected chi connectivity index (χ3v) is 3.87. The summed E-state index contributed by atoms with van der Waals surface area (Å²) in [4.78, 5) is 0. The van der Waals surface area contributed by atoms with E-state index in [-0.39, 0.29) is 11.1 Å². The molecule has 1 unspecified atom stereocenters. The van der Waals surface area contributed by atoms with Crippen molar-refractivity contribution >= 4 is 22.9 Å². The highest BCUT2D eigenvalue weighted by molar-refractivity contribution is 7.07. The Labute approximate surface area is 115 Å². The average Bonchev–Trinajstić information content (AvgIpc) is 2.87. The van der Waals surface area contributed by atoms with Crippen molar-refractivity contribution < 1.29 is 4.39 Å². The van der Waals surface area contributed by atoms with Crippen LogP contribution in [0.4, 0.5) is 4.39 Å². The quantitative estimate of drug-likeness (QED) is 0.649. The Morgan fingerprint density at radius 2 is 2.22 bits per heavy atom. The van der Waals surface area contributed by atoms with E-state index in [0.29, 0.717) is 0 Å². The zero-order valence-electron chi connectivity index (χ0n) is 9.70. The highest BCUT2D eigenvalue weighted by Crippen LogP contribution is 2.24. The number of halogens is 2. The number of hydrazine groups is 1. The second-order valence-corrected chi connectivity index (χ2v) is 5.25. The maximum absolute atomic E-state index is 13.1. The normalized spacial score (nSPS) is 12.6. The molecule has 96 valence electrons. The number of nitrogens with two attached hydrogens (primary N) is 1. The molecule has 0 saturated carbocycles. The van der Waals surface area contributed by atoms with Crippen LogP contribution in [0.1, 0.15) is 23.6 Å². The molecular formula is C13H14ClFN2S. The number of rotatable bonds is 5. The van der Waals surface area contributed by atoms with Crippen molar-refractivity contribution in [3.8, 4) is 0 Å². The van der Waals surface area contributed by atoms with Gasteiger partial charge in [-0.05, 0) is 52.9 Å². The molecule has 0 aliphatic rings. The molecule has 18 heavy (non-hydrogen) atoms. The van der Waals surface area contributed by atoms with E-state index < -0.39 is 5.82 Å². The van der Waals surface area contributed by atoms with Crippen LogP contribution in [0.15, 0.2) is 35.0 Å². The molecule has 1 heterocycles. The van der Waals surface area contributed by atoms with Gasteiger partial charge in [0.1, 0.15) is 5.82 Å². The lowest BCUT2D eigenvalue weighted by atomic mass is 10.0. The van der Waals surface area contributed by atoms with E-state index in [1.807, 2.05) is 0 Å². The van der Waals surface area contributed by atoms with Gasteiger partial charge >= 0.3 is 0 Å². The smallest absolute Gasteiger partial charge is 0.141 e. The van der Waals surface area contributed by atoms with Gasteiger partial charge in [0.15, 0.2) is 0 Å². The van der Waals surface area contributed by atoms with E-state index in [0.717, 1.165) is 18.4 Å². The van der Waals surface area contributed by atoms with Gasteiger partial charge in [0.25, 0.3) is 0 Å². The highest BCUT2D eigenvalue weighted by atomic mass is 35.5. The zero-order valence-corrected chi connectivity index (χ0v) is 11.3. The minimum absolute atomic E-state index is 0.0250. The summed E-state index contributed by atoms with van der Waals surface area (Å²) in [5, 5.41) is 4.29. The molecule has 2 nitrogen and oxygen atoms in total. The standard InChI is InChI=1S/C13H14ClFN2S/c14-11-7-10(2-3-12(11)15)13(17-16)4-1-9-5-6-18-8-9/h2-3,5-8,13,17H,1,4,16H2. The van der Waals surface area contributed by atoms with Gasteiger partial charge in [-0.2, -0.15) is 11.3 Å². The first-order chi connectivity index (χ1) is 8.70. The fourth-order valence-electron chi connectivity index (χ4n) is 1.82. The number of benzene rings is 1. The predicted molar refractivity (Wildman–Crippen MR) is 74.1 cm³/mol. The molecule has 2 aromatic rings. The molecule has 1 aromatic heterocycles. The largest absolute Gasteiger partial charge is 0.271 e. The van der Waals surface area contributed by atoms with Gasteiger partial charge in [0, 0.05) is 6.04 Å². The lowest BCUT2D eigenvalue weighted by molar-refractivity contribution is 0.515. The molecule has 2 rings (SSSR count). The molecule has 0 bridgehead atoms. The highest BCUT2D eigenvalue weighted by Gasteiger charge is 2.12. The summed E-state index contributed by atoms with van der Waals surface area (Å²) >= 11 is 7.45. The molecule has 0 spiro atoms. The summed E-state index contributed by atoms with van der Waals surface area (Å²) < 4.78 is 13.1. The second-order valence-electron chi connectivity index (χ2n) is 4.06. The number of nitrogens with one attached hydrogen (secondary N) is 1. The van der Waals surface area contributed by atoms with Crippen LogP contribution in [0.25, 0.3) is 0 Å². The van der Waals surface area contributed by atoms with Gasteiger partial charge in [-0.3, -0.25) is 11.3 Å². The molecule has 1 aromatic carbocycles. The Morgan fingerprint density at radius 3 is 2.83 bits per heavy atom. The van der Waals surface area contributed by atoms with Crippen LogP contribution in [-0.4, -0.2) is 0 Å². The Bertz CT molecular complexity index is 502. The third kappa shape index (κ3) is 3.29. The zero-order chi connectivity index (χ0) is 13.0. The Hall–Kier alpha value is -0.940. The number of hydrogen-bond acceptors (Lipinski definition) is 3. The Morgan fingerprint density at radius 1 is 1.39 bits per heavy atom. The lowest BCUT2D eigenvalue weighted by Gasteiger charge is -2.16. The summed E-state index contributed by atoms with van der Waals surface area (Å²) in [6.07, 6.45) is 1.77. The fraction of sp³-hybridized carbons (Fsp3) is 0.231. The van der Waals surface area contributed by atoms with Gasteiger partial charge in [0.05, 0.1) is 5.02 Å². The fourth-order valence-corrected chi connectivity index (χ4v) is 2.71. The summed E-state index contributed by atoms with van der Waals surface area (Å²) in [5.74, 6) is 5.14. The van der Waals surface area contributed by atoms with Gasteiger partial charge in [-0.15, -0.1) is 0 Å². The third-order valence-electron chi connectivity index (χ3n) is 2.85. The first kappa shape index (κ1) is 13.5. The van der Waals surface area contributed by atoms with Crippen LogP contribution in [0.5, 0.6) is 0 Å². The molecule has 0 fully saturated rings. The minimum atomic E-state index is -0.408. The molecular weight excluding hydrogens is 271 g/mol. The monoisotopic (exact) mass is 284 g/mol. The van der Waals surface area contributed by atoms with E-state index in [1.165, 1.54) is 11.6 Å². The first-order valence-corrected chi connectivity index (χ1v) is 6.95. The maximum atomic E-state index is 13.1. The average molecular weight is 285 g/mol. The van der Waals surface area contributed by atoms with E-state index >= 15 is 0 Å². The van der Waals surface area contributed by atoms with E-state index in [1.54, 1.807) is 23.5 Å². The van der Waals surface area contributed by atoms with Crippen molar-refractivity contribution in [2.24, 2.45) is 5.84 Å². The first-order valence-electron chi connectivity index (χ1n) is 5.63. The predicted octanol–water partition coefficient (Wildman–Crippen LogP) is 3.68. The molecule has 0 amide bonds. The lowest BCUT2D eigenvalue weighted by Crippen LogP contribution is -2.28. The van der Waals surface area contributed by atoms with Gasteiger partial charge < -0.3 is 0 Å². The minimum Gasteiger partial charge on any atom is -0.271 e. The number of thiophene rings is 1. The van der Waals surface area contributed by atoms with Crippen LogP contribution in [0, 0.1) is 5.82 Å². The van der Waals surface area contributed by atoms with Crippen LogP contribution in [-0.2, 0) is 6.42 Å². The summed E-state index contributed by atoms with van der Waals surface area (Å²) in [6.45, 7) is 0. The summed E-state index contributed by atoms with van der Waals surface area (Å²) in [7, 11) is 0. The number of hydrogen-bond donors (Lipinski definition) is 2. The van der Waals surface area contributed by atoms with Crippen molar-refractivity contribution in [2.45, 2.75) is 18.9 Å². The van der Waals surface area contributed by atoms with Crippen molar-refractivity contribution in [3.05, 3.63) is 57.0 Å². The SMILES string of the molecule is NNC(CCc1ccsc1)c1ccc(F)c(Cl)c1. The van der Waals surface area contributed by atoms with Crippen LogP contribution >= 0.6 is 22.9 Å². The van der Waals surface area contributed by atoms with Crippen LogP contribution < -0.4 is 11.3 Å². The van der Waals surface area contributed by atoms with Gasteiger partial charge in [-0.1, -0.05) is 17.7 Å². The van der Waals surface area contributed by atoms with Gasteiger partial charge in [0.2, 0.25) is 0 Å². The molecule has 3 N–H and O–H groups in total. The van der Waals surface area contributed by atoms with Gasteiger partial charge in [-0.25, -0.2) is 4.39 Å². The number of aryl methyl sites for hydroxylation is 1. The van der Waals surface area contributed by atoms with E-state index in [9.17, 15) is 4.39 Å². The van der Waals surface area contributed by atoms with E-state index in [4.69, 9.17) is 17.4 Å². The Kier molecular flexibility index (Phi) is 4.72. The van der Waals surface area contributed by atoms with E-state index in [2.05, 4.69) is 22.3 Å². The second kappa shape index (κ2) is 6.29. The Balaban J connectivity index is 2.05. The molecule has 0 aliphatic carbocycles. The van der Waals surface area contributed by atoms with Crippen molar-refractivity contribution in [1.29, 1.82) is 0 Å². The molecule has 0 radical (unpaired) electrons. The summed E-state index contributed by atoms with van der Waals surface area (Å²) in [5.41, 5.74) is 4.94. The van der Waals surface area contributed by atoms with Crippen molar-refractivity contribution in [1.82, 2.24) is 5.43 Å². The van der Waals surface area contributed by atoms with Crippen LogP contribution in [0.3, 0.4) is 0 Å². The van der Waals surface area contributed by atoms with Crippen molar-refractivity contribution in [3.63, 3.8) is 0 Å². The molecule has 1 atom stereocenters. The molecule has 0 saturated heterocycles. The topological polar surface area (TPSA) is 38.0 Å². The van der Waals surface area contributed by atoms with Crippen molar-refractivity contribution in [2.75, 3.05) is 0 Å². The maximum Gasteiger partial charge on any atom is 0.141 e. The van der Waals surface area contributed by atoms with Crippen LogP contribution in [0.2, 0.25) is 5.02 Å². The molecule has 0 aliphatic heterocycles.